The van der Waals surface area contributed by atoms with Crippen LogP contribution in [-0.2, 0) is 0 Å². The highest BCUT2D eigenvalue weighted by atomic mass is 15.4. The molecule has 0 radical (unpaired) electrons. The third-order valence-corrected chi connectivity index (χ3v) is 3.56. The lowest BCUT2D eigenvalue weighted by Gasteiger charge is -2.47. The molecule has 0 aromatic rings. The molecule has 0 aliphatic carbocycles. The van der Waals surface area contributed by atoms with Crippen molar-refractivity contribution >= 4 is 0 Å². The van der Waals surface area contributed by atoms with Gasteiger partial charge in [-0.3, -0.25) is 9.80 Å². The van der Waals surface area contributed by atoms with Gasteiger partial charge in [-0.25, -0.2) is 0 Å². The van der Waals surface area contributed by atoms with Crippen molar-refractivity contribution in [2.24, 2.45) is 0 Å². The Labute approximate surface area is 90.3 Å². The first-order valence-corrected chi connectivity index (χ1v) is 6.10. The topological polar surface area (TPSA) is 6.48 Å². The molecule has 0 fully saturated rings. The van der Waals surface area contributed by atoms with Gasteiger partial charge < -0.3 is 0 Å². The van der Waals surface area contributed by atoms with E-state index in [1.54, 1.807) is 0 Å². The Morgan fingerprint density at radius 3 is 1.14 bits per heavy atom. The zero-order valence-corrected chi connectivity index (χ0v) is 10.9. The highest BCUT2D eigenvalue weighted by Crippen LogP contribution is 2.23. The molecular weight excluding hydrogens is 172 g/mol. The van der Waals surface area contributed by atoms with Gasteiger partial charge in [0.2, 0.25) is 0 Å². The van der Waals surface area contributed by atoms with E-state index in [2.05, 4.69) is 51.3 Å². The average Bonchev–Trinajstić information content (AvgIpc) is 2.21. The second kappa shape index (κ2) is 6.41. The highest BCUT2D eigenvalue weighted by Gasteiger charge is 2.32. The van der Waals surface area contributed by atoms with Crippen molar-refractivity contribution in [2.45, 2.75) is 53.6 Å². The zero-order chi connectivity index (χ0) is 11.2. The Morgan fingerprint density at radius 2 is 1.00 bits per heavy atom. The van der Waals surface area contributed by atoms with Crippen molar-refractivity contribution < 1.29 is 0 Å². The van der Waals surface area contributed by atoms with Crippen LogP contribution in [0.5, 0.6) is 0 Å². The molecule has 0 rings (SSSR count). The second-order valence-electron chi connectivity index (χ2n) is 3.92. The summed E-state index contributed by atoms with van der Waals surface area (Å²) < 4.78 is 0. The third-order valence-electron chi connectivity index (χ3n) is 3.56. The van der Waals surface area contributed by atoms with Gasteiger partial charge >= 0.3 is 0 Å². The van der Waals surface area contributed by atoms with Gasteiger partial charge in [0, 0.05) is 0 Å². The van der Waals surface area contributed by atoms with E-state index in [-0.39, 0.29) is 5.66 Å². The summed E-state index contributed by atoms with van der Waals surface area (Å²) in [7, 11) is 0. The van der Waals surface area contributed by atoms with Gasteiger partial charge in [0.05, 0.1) is 5.66 Å². The molecule has 0 atom stereocenters. The van der Waals surface area contributed by atoms with Crippen molar-refractivity contribution in [1.82, 2.24) is 9.80 Å². The number of nitrogens with zero attached hydrogens (tertiary/aromatic N) is 2. The fourth-order valence-corrected chi connectivity index (χ4v) is 2.46. The Morgan fingerprint density at radius 1 is 0.714 bits per heavy atom. The van der Waals surface area contributed by atoms with Crippen molar-refractivity contribution in [3.05, 3.63) is 0 Å². The lowest BCUT2D eigenvalue weighted by atomic mass is 10.0. The van der Waals surface area contributed by atoms with Gasteiger partial charge in [-0.1, -0.05) is 34.6 Å². The van der Waals surface area contributed by atoms with E-state index in [9.17, 15) is 0 Å². The smallest absolute Gasteiger partial charge is 0.0705 e. The summed E-state index contributed by atoms with van der Waals surface area (Å²) in [6.45, 7) is 18.2. The van der Waals surface area contributed by atoms with Crippen molar-refractivity contribution in [2.75, 3.05) is 26.2 Å². The van der Waals surface area contributed by atoms with Crippen LogP contribution < -0.4 is 0 Å². The fraction of sp³-hybridized carbons (Fsp3) is 1.00. The first-order valence-electron chi connectivity index (χ1n) is 6.10. The Hall–Kier alpha value is -0.0800. The third kappa shape index (κ3) is 2.71. The Bertz CT molecular complexity index is 125. The van der Waals surface area contributed by atoms with Gasteiger partial charge in [-0.15, -0.1) is 0 Å². The molecule has 86 valence electrons. The van der Waals surface area contributed by atoms with Crippen LogP contribution >= 0.6 is 0 Å². The second-order valence-corrected chi connectivity index (χ2v) is 3.92. The van der Waals surface area contributed by atoms with Crippen LogP contribution in [0.2, 0.25) is 0 Å². The molecule has 0 heterocycles. The fourth-order valence-electron chi connectivity index (χ4n) is 2.46. The predicted molar refractivity (Wildman–Crippen MR) is 64.5 cm³/mol. The van der Waals surface area contributed by atoms with Gasteiger partial charge in [0.1, 0.15) is 0 Å². The monoisotopic (exact) mass is 200 g/mol. The van der Waals surface area contributed by atoms with E-state index >= 15 is 0 Å². The van der Waals surface area contributed by atoms with Gasteiger partial charge in [0.15, 0.2) is 0 Å². The molecule has 2 nitrogen and oxygen atoms in total. The summed E-state index contributed by atoms with van der Waals surface area (Å²) >= 11 is 0. The molecule has 0 spiro atoms. The number of rotatable bonds is 7. The minimum absolute atomic E-state index is 0.243. The van der Waals surface area contributed by atoms with Crippen molar-refractivity contribution in [3.8, 4) is 0 Å². The average molecular weight is 200 g/mol. The predicted octanol–water partition coefficient (Wildman–Crippen LogP) is 2.80. The van der Waals surface area contributed by atoms with Gasteiger partial charge in [-0.2, -0.15) is 0 Å². The van der Waals surface area contributed by atoms with Crippen LogP contribution in [0.1, 0.15) is 48.0 Å². The molecule has 0 N–H and O–H groups in total. The molecule has 0 saturated heterocycles. The molecule has 2 heteroatoms. The van der Waals surface area contributed by atoms with Crippen LogP contribution in [0.15, 0.2) is 0 Å². The van der Waals surface area contributed by atoms with Crippen LogP contribution in [0.4, 0.5) is 0 Å². The van der Waals surface area contributed by atoms with Gasteiger partial charge in [0.25, 0.3) is 0 Å². The molecule has 0 unspecified atom stereocenters. The molecule has 0 bridgehead atoms. The summed E-state index contributed by atoms with van der Waals surface area (Å²) in [5, 5.41) is 0. The summed E-state index contributed by atoms with van der Waals surface area (Å²) in [5.41, 5.74) is 0.243. The van der Waals surface area contributed by atoms with E-state index in [4.69, 9.17) is 0 Å². The summed E-state index contributed by atoms with van der Waals surface area (Å²) in [5.74, 6) is 0. The van der Waals surface area contributed by atoms with E-state index in [1.807, 2.05) is 0 Å². The first-order chi connectivity index (χ1) is 6.60. The molecule has 0 amide bonds. The zero-order valence-electron chi connectivity index (χ0n) is 10.9. The highest BCUT2D eigenvalue weighted by molar-refractivity contribution is 4.83. The Kier molecular flexibility index (Phi) is 6.38. The molecule has 14 heavy (non-hydrogen) atoms. The largest absolute Gasteiger partial charge is 0.286 e. The van der Waals surface area contributed by atoms with Crippen LogP contribution in [0.3, 0.4) is 0 Å². The van der Waals surface area contributed by atoms with Gasteiger partial charge in [-0.05, 0) is 39.5 Å². The molecule has 0 aromatic carbocycles. The minimum Gasteiger partial charge on any atom is -0.286 e. The number of hydrogen-bond acceptors (Lipinski definition) is 2. The quantitative estimate of drug-likeness (QED) is 0.583. The molecule has 0 aromatic heterocycles. The van der Waals surface area contributed by atoms with E-state index < -0.39 is 0 Å². The van der Waals surface area contributed by atoms with E-state index in [1.165, 1.54) is 6.42 Å². The number of hydrogen-bond donors (Lipinski definition) is 0. The maximum Gasteiger partial charge on any atom is 0.0705 e. The molecular formula is C12H28N2. The maximum absolute atomic E-state index is 2.56. The molecule has 0 aliphatic rings. The summed E-state index contributed by atoms with van der Waals surface area (Å²) in [6.07, 6.45) is 1.19. The summed E-state index contributed by atoms with van der Waals surface area (Å²) in [6, 6.07) is 0. The normalized spacial score (nSPS) is 12.9. The SMILES string of the molecule is CCN(CC)C(C)(CC)N(CC)CC. The summed E-state index contributed by atoms with van der Waals surface area (Å²) in [4.78, 5) is 5.11. The minimum atomic E-state index is 0.243. The lowest BCUT2D eigenvalue weighted by Crippen LogP contribution is -2.58. The van der Waals surface area contributed by atoms with Crippen LogP contribution in [0, 0.1) is 0 Å². The van der Waals surface area contributed by atoms with Crippen LogP contribution in [-0.4, -0.2) is 41.6 Å². The van der Waals surface area contributed by atoms with Crippen molar-refractivity contribution in [1.29, 1.82) is 0 Å². The van der Waals surface area contributed by atoms with E-state index in [0.717, 1.165) is 26.2 Å². The first kappa shape index (κ1) is 13.9. The van der Waals surface area contributed by atoms with Crippen LogP contribution in [0.25, 0.3) is 0 Å². The standard InChI is InChI=1S/C12H28N2/c1-7-12(6,13(8-2)9-3)14(10-4)11-5/h7-11H2,1-6H3. The Balaban J connectivity index is 4.72. The lowest BCUT2D eigenvalue weighted by molar-refractivity contribution is -0.0386. The molecule has 0 aliphatic heterocycles. The van der Waals surface area contributed by atoms with Crippen molar-refractivity contribution in [3.63, 3.8) is 0 Å². The van der Waals surface area contributed by atoms with E-state index in [0.29, 0.717) is 0 Å². The maximum atomic E-state index is 2.56. The molecule has 0 saturated carbocycles.